The third kappa shape index (κ3) is 3.74. The molecule has 0 amide bonds. The van der Waals surface area contributed by atoms with E-state index in [4.69, 9.17) is 5.73 Å². The van der Waals surface area contributed by atoms with E-state index < -0.39 is 5.54 Å². The predicted molar refractivity (Wildman–Crippen MR) is 83.2 cm³/mol. The number of nitrogens with two attached hydrogens (primary N) is 1. The van der Waals surface area contributed by atoms with Crippen LogP contribution in [0.4, 0.5) is 0 Å². The summed E-state index contributed by atoms with van der Waals surface area (Å²) < 4.78 is 0. The molecule has 0 bridgehead atoms. The quantitative estimate of drug-likeness (QED) is 0.810. The standard InChI is InChI=1S/C17H31N3/c1-14(2)12-20(16-7-3-4-8-16)11-9-15-6-5-10-17(15,19)13-18/h14-16H,3-12,19H2,1-2H3. The van der Waals surface area contributed by atoms with Crippen LogP contribution in [-0.4, -0.2) is 29.6 Å². The Kier molecular flexibility index (Phi) is 5.46. The molecule has 2 aliphatic carbocycles. The van der Waals surface area contributed by atoms with Gasteiger partial charge in [-0.2, -0.15) is 5.26 Å². The van der Waals surface area contributed by atoms with Gasteiger partial charge in [-0.15, -0.1) is 0 Å². The Labute approximate surface area is 124 Å². The lowest BCUT2D eigenvalue weighted by Gasteiger charge is -2.33. The molecule has 114 valence electrons. The minimum atomic E-state index is -0.542. The summed E-state index contributed by atoms with van der Waals surface area (Å²) in [6, 6.07) is 3.17. The van der Waals surface area contributed by atoms with E-state index in [9.17, 15) is 5.26 Å². The van der Waals surface area contributed by atoms with Crippen molar-refractivity contribution < 1.29 is 0 Å². The summed E-state index contributed by atoms with van der Waals surface area (Å²) in [5.41, 5.74) is 5.72. The van der Waals surface area contributed by atoms with Gasteiger partial charge in [-0.1, -0.05) is 33.1 Å². The molecule has 0 saturated heterocycles. The van der Waals surface area contributed by atoms with Crippen LogP contribution in [0.2, 0.25) is 0 Å². The van der Waals surface area contributed by atoms with Crippen LogP contribution >= 0.6 is 0 Å². The molecule has 20 heavy (non-hydrogen) atoms. The van der Waals surface area contributed by atoms with Crippen LogP contribution < -0.4 is 5.73 Å². The molecule has 2 fully saturated rings. The summed E-state index contributed by atoms with van der Waals surface area (Å²) >= 11 is 0. The molecule has 2 aliphatic rings. The highest BCUT2D eigenvalue weighted by molar-refractivity contribution is 5.12. The van der Waals surface area contributed by atoms with E-state index in [1.54, 1.807) is 0 Å². The van der Waals surface area contributed by atoms with Gasteiger partial charge in [0, 0.05) is 12.6 Å². The van der Waals surface area contributed by atoms with Gasteiger partial charge in [0.25, 0.3) is 0 Å². The molecule has 2 saturated carbocycles. The first kappa shape index (κ1) is 15.8. The van der Waals surface area contributed by atoms with Crippen LogP contribution in [0.5, 0.6) is 0 Å². The molecule has 0 heterocycles. The molecule has 0 aromatic heterocycles. The van der Waals surface area contributed by atoms with Gasteiger partial charge in [0.1, 0.15) is 5.54 Å². The fourth-order valence-corrected chi connectivity index (χ4v) is 4.13. The van der Waals surface area contributed by atoms with E-state index in [-0.39, 0.29) is 0 Å². The summed E-state index contributed by atoms with van der Waals surface area (Å²) in [6.45, 7) is 6.94. The Hall–Kier alpha value is -0.590. The maximum atomic E-state index is 9.33. The van der Waals surface area contributed by atoms with Crippen molar-refractivity contribution in [3.05, 3.63) is 0 Å². The van der Waals surface area contributed by atoms with Gasteiger partial charge in [0.15, 0.2) is 0 Å². The van der Waals surface area contributed by atoms with Crippen molar-refractivity contribution in [2.75, 3.05) is 13.1 Å². The topological polar surface area (TPSA) is 53.0 Å². The Morgan fingerprint density at radius 1 is 1.25 bits per heavy atom. The van der Waals surface area contributed by atoms with Crippen molar-refractivity contribution in [2.45, 2.75) is 76.8 Å². The van der Waals surface area contributed by atoms with E-state index in [1.165, 1.54) is 32.2 Å². The number of nitriles is 1. The Balaban J connectivity index is 1.89. The Bertz CT molecular complexity index is 341. The van der Waals surface area contributed by atoms with Crippen LogP contribution in [0.1, 0.15) is 65.2 Å². The van der Waals surface area contributed by atoms with Gasteiger partial charge in [-0.25, -0.2) is 0 Å². The average Bonchev–Trinajstić information content (AvgIpc) is 3.04. The summed E-state index contributed by atoms with van der Waals surface area (Å²) in [7, 11) is 0. The molecule has 2 atom stereocenters. The van der Waals surface area contributed by atoms with Gasteiger partial charge in [0.2, 0.25) is 0 Å². The van der Waals surface area contributed by atoms with Gasteiger partial charge in [-0.05, 0) is 50.5 Å². The maximum Gasteiger partial charge on any atom is 0.107 e. The second kappa shape index (κ2) is 6.91. The molecule has 0 aromatic carbocycles. The van der Waals surface area contributed by atoms with Crippen molar-refractivity contribution >= 4 is 0 Å². The monoisotopic (exact) mass is 277 g/mol. The van der Waals surface area contributed by atoms with Crippen molar-refractivity contribution in [1.29, 1.82) is 5.26 Å². The molecule has 0 radical (unpaired) electrons. The lowest BCUT2D eigenvalue weighted by atomic mass is 9.86. The summed E-state index contributed by atoms with van der Waals surface area (Å²) in [5, 5.41) is 9.33. The predicted octanol–water partition coefficient (Wildman–Crippen LogP) is 3.30. The second-order valence-electron chi connectivity index (χ2n) is 7.36. The molecule has 2 N–H and O–H groups in total. The van der Waals surface area contributed by atoms with Crippen molar-refractivity contribution in [2.24, 2.45) is 17.6 Å². The highest BCUT2D eigenvalue weighted by Crippen LogP contribution is 2.36. The Morgan fingerprint density at radius 3 is 2.55 bits per heavy atom. The molecule has 0 aromatic rings. The van der Waals surface area contributed by atoms with E-state index >= 15 is 0 Å². The lowest BCUT2D eigenvalue weighted by molar-refractivity contribution is 0.159. The number of rotatable bonds is 6. The molecule has 2 rings (SSSR count). The highest BCUT2D eigenvalue weighted by atomic mass is 15.2. The smallest absolute Gasteiger partial charge is 0.107 e. The van der Waals surface area contributed by atoms with Crippen molar-refractivity contribution in [3.8, 4) is 6.07 Å². The van der Waals surface area contributed by atoms with Crippen LogP contribution in [0, 0.1) is 23.2 Å². The maximum absolute atomic E-state index is 9.33. The zero-order chi connectivity index (χ0) is 14.6. The fraction of sp³-hybridized carbons (Fsp3) is 0.941. The van der Waals surface area contributed by atoms with Crippen LogP contribution in [-0.2, 0) is 0 Å². The summed E-state index contributed by atoms with van der Waals surface area (Å²) in [4.78, 5) is 2.69. The van der Waals surface area contributed by atoms with E-state index in [0.29, 0.717) is 5.92 Å². The van der Waals surface area contributed by atoms with Gasteiger partial charge in [-0.3, -0.25) is 0 Å². The zero-order valence-electron chi connectivity index (χ0n) is 13.3. The molecule has 0 aliphatic heterocycles. The highest BCUT2D eigenvalue weighted by Gasteiger charge is 2.39. The largest absolute Gasteiger partial charge is 0.313 e. The Morgan fingerprint density at radius 2 is 1.95 bits per heavy atom. The first-order chi connectivity index (χ1) is 9.55. The van der Waals surface area contributed by atoms with E-state index in [2.05, 4.69) is 24.8 Å². The average molecular weight is 277 g/mol. The SMILES string of the molecule is CC(C)CN(CCC1CCCC1(N)C#N)C1CCCC1. The van der Waals surface area contributed by atoms with Crippen LogP contribution in [0.25, 0.3) is 0 Å². The zero-order valence-corrected chi connectivity index (χ0v) is 13.3. The molecule has 2 unspecified atom stereocenters. The molecule has 3 nitrogen and oxygen atoms in total. The normalized spacial score (nSPS) is 31.3. The molecular weight excluding hydrogens is 246 g/mol. The third-order valence-electron chi connectivity index (χ3n) is 5.29. The summed E-state index contributed by atoms with van der Waals surface area (Å²) in [6.07, 6.45) is 9.78. The van der Waals surface area contributed by atoms with Gasteiger partial charge in [0.05, 0.1) is 6.07 Å². The van der Waals surface area contributed by atoms with E-state index in [1.807, 2.05) is 0 Å². The van der Waals surface area contributed by atoms with Crippen molar-refractivity contribution in [1.82, 2.24) is 4.90 Å². The fourth-order valence-electron chi connectivity index (χ4n) is 4.13. The van der Waals surface area contributed by atoms with Crippen LogP contribution in [0.15, 0.2) is 0 Å². The first-order valence-electron chi connectivity index (χ1n) is 8.49. The minimum Gasteiger partial charge on any atom is -0.313 e. The molecular formula is C17H31N3. The van der Waals surface area contributed by atoms with Crippen molar-refractivity contribution in [3.63, 3.8) is 0 Å². The van der Waals surface area contributed by atoms with Crippen LogP contribution in [0.3, 0.4) is 0 Å². The third-order valence-corrected chi connectivity index (χ3v) is 5.29. The van der Waals surface area contributed by atoms with E-state index in [0.717, 1.165) is 44.2 Å². The first-order valence-corrected chi connectivity index (χ1v) is 8.49. The second-order valence-corrected chi connectivity index (χ2v) is 7.36. The van der Waals surface area contributed by atoms with Gasteiger partial charge >= 0.3 is 0 Å². The van der Waals surface area contributed by atoms with Gasteiger partial charge < -0.3 is 10.6 Å². The minimum absolute atomic E-state index is 0.406. The number of hydrogen-bond donors (Lipinski definition) is 1. The lowest BCUT2D eigenvalue weighted by Crippen LogP contribution is -2.44. The number of hydrogen-bond acceptors (Lipinski definition) is 3. The number of nitrogens with zero attached hydrogens (tertiary/aromatic N) is 2. The summed E-state index contributed by atoms with van der Waals surface area (Å²) in [5.74, 6) is 1.13. The molecule has 0 spiro atoms. The molecule has 3 heteroatoms.